The molecule has 3 aromatic rings. The topological polar surface area (TPSA) is 85.4 Å². The molecule has 0 saturated carbocycles. The van der Waals surface area contributed by atoms with Gasteiger partial charge in [-0.3, -0.25) is 0 Å². The molecule has 0 saturated heterocycles. The molecule has 2 aromatic heterocycles. The number of benzene rings is 1. The Kier molecular flexibility index (Phi) is 6.45. The van der Waals surface area contributed by atoms with E-state index in [-0.39, 0.29) is 6.61 Å². The maximum atomic E-state index is 12.0. The van der Waals surface area contributed by atoms with Crippen molar-refractivity contribution in [2.75, 3.05) is 25.6 Å². The minimum atomic E-state index is -0.390. The average molecular weight is 405 g/mol. The van der Waals surface area contributed by atoms with Crippen LogP contribution in [-0.2, 0) is 0 Å². The first-order valence-electron chi connectivity index (χ1n) is 8.04. The molecular formula is C18H17ClN4O3S. The van der Waals surface area contributed by atoms with Crippen molar-refractivity contribution in [3.8, 4) is 22.2 Å². The Hall–Kier alpha value is -2.84. The summed E-state index contributed by atoms with van der Waals surface area (Å²) < 4.78 is 10.7. The number of hydrogen-bond acceptors (Lipinski definition) is 6. The third-order valence-corrected chi connectivity index (χ3v) is 4.59. The van der Waals surface area contributed by atoms with Crippen molar-refractivity contribution in [1.82, 2.24) is 15.5 Å². The molecule has 1 aromatic carbocycles. The van der Waals surface area contributed by atoms with Gasteiger partial charge in [0.05, 0.1) is 24.2 Å². The monoisotopic (exact) mass is 404 g/mol. The second kappa shape index (κ2) is 9.20. The molecule has 2 amide bonds. The molecular weight excluding hydrogens is 388 g/mol. The first kappa shape index (κ1) is 18.9. The first-order valence-corrected chi connectivity index (χ1v) is 9.30. The number of rotatable bonds is 7. The average Bonchev–Trinajstić information content (AvgIpc) is 3.21. The molecule has 27 heavy (non-hydrogen) atoms. The molecule has 0 radical (unpaired) electrons. The molecule has 0 aliphatic carbocycles. The lowest BCUT2D eigenvalue weighted by Gasteiger charge is -2.11. The van der Waals surface area contributed by atoms with E-state index in [0.29, 0.717) is 28.9 Å². The highest BCUT2D eigenvalue weighted by Crippen LogP contribution is 2.27. The predicted octanol–water partition coefficient (Wildman–Crippen LogP) is 4.07. The van der Waals surface area contributed by atoms with Crippen molar-refractivity contribution in [3.63, 3.8) is 0 Å². The van der Waals surface area contributed by atoms with Gasteiger partial charge in [0, 0.05) is 11.1 Å². The highest BCUT2D eigenvalue weighted by atomic mass is 35.5. The SMILES string of the molecule is COc1ccc(Cl)cc1NC(=O)NCCOc1ccc(-c2cccs2)nn1. The number of nitrogens with zero attached hydrogens (tertiary/aromatic N) is 2. The Balaban J connectivity index is 1.43. The fourth-order valence-electron chi connectivity index (χ4n) is 2.22. The standard InChI is InChI=1S/C18H17ClN4O3S/c1-25-15-6-4-12(19)11-14(15)21-18(24)20-8-9-26-17-7-5-13(22-23-17)16-3-2-10-27-16/h2-7,10-11H,8-9H2,1H3,(H2,20,21,24). The number of anilines is 1. The number of thiophene rings is 1. The Bertz CT molecular complexity index is 888. The summed E-state index contributed by atoms with van der Waals surface area (Å²) in [5.74, 6) is 0.918. The molecule has 2 N–H and O–H groups in total. The lowest BCUT2D eigenvalue weighted by Crippen LogP contribution is -2.32. The van der Waals surface area contributed by atoms with Gasteiger partial charge < -0.3 is 20.1 Å². The quantitative estimate of drug-likeness (QED) is 0.580. The smallest absolute Gasteiger partial charge is 0.319 e. The number of methoxy groups -OCH3 is 1. The highest BCUT2D eigenvalue weighted by molar-refractivity contribution is 7.13. The molecule has 0 fully saturated rings. The largest absolute Gasteiger partial charge is 0.495 e. The number of hydrogen-bond donors (Lipinski definition) is 2. The molecule has 0 atom stereocenters. The molecule has 0 bridgehead atoms. The van der Waals surface area contributed by atoms with Crippen LogP contribution < -0.4 is 20.1 Å². The summed E-state index contributed by atoms with van der Waals surface area (Å²) in [7, 11) is 1.52. The number of aromatic nitrogens is 2. The van der Waals surface area contributed by atoms with E-state index in [1.54, 1.807) is 35.6 Å². The molecule has 140 valence electrons. The molecule has 2 heterocycles. The third-order valence-electron chi connectivity index (χ3n) is 3.46. The van der Waals surface area contributed by atoms with Crippen LogP contribution in [0, 0.1) is 0 Å². The van der Waals surface area contributed by atoms with Gasteiger partial charge in [0.2, 0.25) is 5.88 Å². The molecule has 3 rings (SSSR count). The summed E-state index contributed by atoms with van der Waals surface area (Å²) in [6.07, 6.45) is 0. The fourth-order valence-corrected chi connectivity index (χ4v) is 3.08. The van der Waals surface area contributed by atoms with Crippen LogP contribution in [0.15, 0.2) is 47.8 Å². The summed E-state index contributed by atoms with van der Waals surface area (Å²) in [5.41, 5.74) is 1.28. The number of amides is 2. The zero-order valence-corrected chi connectivity index (χ0v) is 16.0. The van der Waals surface area contributed by atoms with E-state index in [9.17, 15) is 4.79 Å². The second-order valence-electron chi connectivity index (χ2n) is 5.31. The van der Waals surface area contributed by atoms with Crippen LogP contribution in [0.2, 0.25) is 5.02 Å². The van der Waals surface area contributed by atoms with Gasteiger partial charge in [-0.25, -0.2) is 4.79 Å². The number of halogens is 1. The van der Waals surface area contributed by atoms with Crippen molar-refractivity contribution in [2.45, 2.75) is 0 Å². The summed E-state index contributed by atoms with van der Waals surface area (Å²) in [5, 5.41) is 16.0. The molecule has 0 aliphatic heterocycles. The van der Waals surface area contributed by atoms with Crippen LogP contribution in [0.5, 0.6) is 11.6 Å². The minimum absolute atomic E-state index is 0.257. The van der Waals surface area contributed by atoms with E-state index in [1.807, 2.05) is 23.6 Å². The Morgan fingerprint density at radius 1 is 1.22 bits per heavy atom. The van der Waals surface area contributed by atoms with Gasteiger partial charge in [-0.2, -0.15) is 0 Å². The van der Waals surface area contributed by atoms with E-state index in [1.165, 1.54) is 7.11 Å². The second-order valence-corrected chi connectivity index (χ2v) is 6.69. The van der Waals surface area contributed by atoms with Crippen molar-refractivity contribution in [3.05, 3.63) is 52.9 Å². The van der Waals surface area contributed by atoms with Crippen LogP contribution in [0.3, 0.4) is 0 Å². The fraction of sp³-hybridized carbons (Fsp3) is 0.167. The molecule has 0 unspecified atom stereocenters. The summed E-state index contributed by atoms with van der Waals surface area (Å²) in [6, 6.07) is 12.1. The van der Waals surface area contributed by atoms with Crippen molar-refractivity contribution < 1.29 is 14.3 Å². The van der Waals surface area contributed by atoms with Crippen LogP contribution in [0.1, 0.15) is 0 Å². The molecule has 0 spiro atoms. The Morgan fingerprint density at radius 3 is 2.81 bits per heavy atom. The van der Waals surface area contributed by atoms with Gasteiger partial charge in [-0.1, -0.05) is 17.7 Å². The van der Waals surface area contributed by atoms with Crippen LogP contribution in [-0.4, -0.2) is 36.5 Å². The van der Waals surface area contributed by atoms with Gasteiger partial charge >= 0.3 is 6.03 Å². The zero-order valence-electron chi connectivity index (χ0n) is 14.4. The van der Waals surface area contributed by atoms with Gasteiger partial charge in [0.25, 0.3) is 0 Å². The van der Waals surface area contributed by atoms with Gasteiger partial charge in [0.1, 0.15) is 18.1 Å². The van der Waals surface area contributed by atoms with Crippen molar-refractivity contribution >= 4 is 34.7 Å². The van der Waals surface area contributed by atoms with E-state index in [0.717, 1.165) is 10.6 Å². The van der Waals surface area contributed by atoms with E-state index in [2.05, 4.69) is 20.8 Å². The normalized spacial score (nSPS) is 10.3. The number of carbonyl (C=O) groups is 1. The molecule has 9 heteroatoms. The Morgan fingerprint density at radius 2 is 2.11 bits per heavy atom. The maximum Gasteiger partial charge on any atom is 0.319 e. The first-order chi connectivity index (χ1) is 13.2. The number of urea groups is 1. The van der Waals surface area contributed by atoms with E-state index >= 15 is 0 Å². The molecule has 7 nitrogen and oxygen atoms in total. The lowest BCUT2D eigenvalue weighted by atomic mass is 10.3. The van der Waals surface area contributed by atoms with E-state index < -0.39 is 6.03 Å². The molecule has 0 aliphatic rings. The van der Waals surface area contributed by atoms with Crippen molar-refractivity contribution in [1.29, 1.82) is 0 Å². The van der Waals surface area contributed by atoms with Gasteiger partial charge in [-0.05, 0) is 35.7 Å². The van der Waals surface area contributed by atoms with Gasteiger partial charge in [-0.15, -0.1) is 21.5 Å². The number of nitrogens with one attached hydrogen (secondary N) is 2. The van der Waals surface area contributed by atoms with Crippen LogP contribution >= 0.6 is 22.9 Å². The summed E-state index contributed by atoms with van der Waals surface area (Å²) in [6.45, 7) is 0.552. The van der Waals surface area contributed by atoms with Crippen molar-refractivity contribution in [2.24, 2.45) is 0 Å². The Labute approximate surface area is 165 Å². The summed E-state index contributed by atoms with van der Waals surface area (Å²) >= 11 is 7.53. The maximum absolute atomic E-state index is 12.0. The highest BCUT2D eigenvalue weighted by Gasteiger charge is 2.08. The van der Waals surface area contributed by atoms with Gasteiger partial charge in [0.15, 0.2) is 0 Å². The third kappa shape index (κ3) is 5.32. The van der Waals surface area contributed by atoms with E-state index in [4.69, 9.17) is 21.1 Å². The summed E-state index contributed by atoms with van der Waals surface area (Å²) in [4.78, 5) is 13.0. The van der Waals surface area contributed by atoms with Crippen LogP contribution in [0.4, 0.5) is 10.5 Å². The number of ether oxygens (including phenoxy) is 2. The lowest BCUT2D eigenvalue weighted by molar-refractivity contribution is 0.246. The number of carbonyl (C=O) groups excluding carboxylic acids is 1. The zero-order chi connectivity index (χ0) is 19.1. The predicted molar refractivity (Wildman–Crippen MR) is 106 cm³/mol. The minimum Gasteiger partial charge on any atom is -0.495 e. The van der Waals surface area contributed by atoms with Crippen LogP contribution in [0.25, 0.3) is 10.6 Å².